The van der Waals surface area contributed by atoms with Crippen LogP contribution in [-0.4, -0.2) is 19.7 Å². The monoisotopic (exact) mass is 249 g/mol. The van der Waals surface area contributed by atoms with Crippen molar-refractivity contribution in [3.63, 3.8) is 0 Å². The van der Waals surface area contributed by atoms with E-state index in [-0.39, 0.29) is 11.5 Å². The van der Waals surface area contributed by atoms with Gasteiger partial charge in [0.2, 0.25) is 0 Å². The average Bonchev–Trinajstić information content (AvgIpc) is 2.74. The van der Waals surface area contributed by atoms with Crippen LogP contribution in [0, 0.1) is 10.1 Å². The smallest absolute Gasteiger partial charge is 0.276 e. The summed E-state index contributed by atoms with van der Waals surface area (Å²) in [4.78, 5) is 14.3. The lowest BCUT2D eigenvalue weighted by atomic mass is 10.3. The lowest BCUT2D eigenvalue weighted by Crippen LogP contribution is -2.09. The summed E-state index contributed by atoms with van der Waals surface area (Å²) in [5.41, 5.74) is 2.84. The number of nitrogens with zero attached hydrogens (tertiary/aromatic N) is 4. The number of rotatable bonds is 4. The van der Waals surface area contributed by atoms with Crippen molar-refractivity contribution in [2.45, 2.75) is 0 Å². The number of aryl methyl sites for hydroxylation is 1. The minimum atomic E-state index is -0.517. The summed E-state index contributed by atoms with van der Waals surface area (Å²) in [6.45, 7) is 0. The summed E-state index contributed by atoms with van der Waals surface area (Å²) in [6, 6.07) is 2.56. The molecule has 9 heteroatoms. The first kappa shape index (κ1) is 11.8. The molecule has 0 saturated carbocycles. The highest BCUT2D eigenvalue weighted by molar-refractivity contribution is 5.60. The molecule has 0 saturated heterocycles. The predicted octanol–water partition coefficient (Wildman–Crippen LogP) is 0.752. The molecule has 0 amide bonds. The van der Waals surface area contributed by atoms with Gasteiger partial charge in [0.15, 0.2) is 0 Å². The third-order valence-electron chi connectivity index (χ3n) is 2.15. The molecule has 0 unspecified atom stereocenters. The fourth-order valence-corrected chi connectivity index (χ4v) is 1.39. The van der Waals surface area contributed by atoms with Gasteiger partial charge in [0.1, 0.15) is 11.6 Å². The summed E-state index contributed by atoms with van der Waals surface area (Å²) >= 11 is 0. The number of hydrazine groups is 1. The van der Waals surface area contributed by atoms with Crippen LogP contribution in [-0.2, 0) is 7.05 Å². The molecule has 2 rings (SSSR count). The number of hydrogen-bond acceptors (Lipinski definition) is 7. The molecular formula is C9H11N7O2. The fraction of sp³-hybridized carbons (Fsp3) is 0.111. The first-order valence-electron chi connectivity index (χ1n) is 4.97. The highest BCUT2D eigenvalue weighted by Crippen LogP contribution is 2.22. The maximum absolute atomic E-state index is 10.7. The normalized spacial score (nSPS) is 10.1. The van der Waals surface area contributed by atoms with Crippen molar-refractivity contribution in [2.75, 3.05) is 10.7 Å². The third-order valence-corrected chi connectivity index (χ3v) is 2.15. The van der Waals surface area contributed by atoms with E-state index in [0.29, 0.717) is 11.5 Å². The van der Waals surface area contributed by atoms with E-state index in [2.05, 4.69) is 20.8 Å². The molecule has 0 spiro atoms. The molecule has 9 nitrogen and oxygen atoms in total. The highest BCUT2D eigenvalue weighted by atomic mass is 16.6. The second kappa shape index (κ2) is 4.67. The summed E-state index contributed by atoms with van der Waals surface area (Å²) in [6.07, 6.45) is 3.30. The third kappa shape index (κ3) is 2.52. The Morgan fingerprint density at radius 3 is 2.72 bits per heavy atom. The van der Waals surface area contributed by atoms with Crippen molar-refractivity contribution < 1.29 is 4.92 Å². The van der Waals surface area contributed by atoms with E-state index in [1.807, 2.05) is 0 Å². The van der Waals surface area contributed by atoms with Crippen molar-refractivity contribution in [1.29, 1.82) is 0 Å². The Balaban J connectivity index is 2.32. The van der Waals surface area contributed by atoms with Gasteiger partial charge in [-0.05, 0) is 0 Å². The molecule has 0 atom stereocenters. The van der Waals surface area contributed by atoms with Crippen molar-refractivity contribution in [3.8, 4) is 0 Å². The van der Waals surface area contributed by atoms with Crippen LogP contribution in [0.2, 0.25) is 0 Å². The van der Waals surface area contributed by atoms with Gasteiger partial charge in [-0.25, -0.2) is 10.8 Å². The number of nitrogens with two attached hydrogens (primary N) is 1. The first-order chi connectivity index (χ1) is 8.58. The molecule has 0 bridgehead atoms. The molecule has 94 valence electrons. The van der Waals surface area contributed by atoms with Crippen molar-refractivity contribution in [3.05, 3.63) is 34.6 Å². The number of hydrogen-bond donors (Lipinski definition) is 3. The van der Waals surface area contributed by atoms with Crippen LogP contribution in [0.25, 0.3) is 0 Å². The largest absolute Gasteiger partial charge is 0.337 e. The number of nitro groups is 1. The van der Waals surface area contributed by atoms with E-state index in [1.54, 1.807) is 24.1 Å². The summed E-state index contributed by atoms with van der Waals surface area (Å²) in [7, 11) is 1.76. The van der Waals surface area contributed by atoms with Gasteiger partial charge in [-0.1, -0.05) is 0 Å². The number of anilines is 3. The highest BCUT2D eigenvalue weighted by Gasteiger charge is 2.11. The Morgan fingerprint density at radius 2 is 2.17 bits per heavy atom. The van der Waals surface area contributed by atoms with Crippen LogP contribution in [0.5, 0.6) is 0 Å². The van der Waals surface area contributed by atoms with E-state index in [1.165, 1.54) is 12.1 Å². The van der Waals surface area contributed by atoms with E-state index in [0.717, 1.165) is 0 Å². The lowest BCUT2D eigenvalue weighted by Gasteiger charge is -2.05. The first-order valence-corrected chi connectivity index (χ1v) is 4.97. The van der Waals surface area contributed by atoms with Crippen LogP contribution >= 0.6 is 0 Å². The van der Waals surface area contributed by atoms with E-state index in [4.69, 9.17) is 5.84 Å². The molecule has 0 aliphatic rings. The SMILES string of the molecule is Cn1cc(Nc2cc([N+](=O)[O-])cc(NN)n2)cn1. The molecule has 2 aromatic heterocycles. The van der Waals surface area contributed by atoms with Crippen LogP contribution in [0.1, 0.15) is 0 Å². The van der Waals surface area contributed by atoms with Gasteiger partial charge in [-0.15, -0.1) is 0 Å². The minimum absolute atomic E-state index is 0.107. The minimum Gasteiger partial charge on any atom is -0.337 e. The maximum atomic E-state index is 10.7. The number of aromatic nitrogens is 3. The molecule has 0 radical (unpaired) electrons. The van der Waals surface area contributed by atoms with Gasteiger partial charge in [-0.2, -0.15) is 5.10 Å². The lowest BCUT2D eigenvalue weighted by molar-refractivity contribution is -0.384. The van der Waals surface area contributed by atoms with Gasteiger partial charge in [0.05, 0.1) is 28.9 Å². The Labute approximate surface area is 102 Å². The zero-order chi connectivity index (χ0) is 13.1. The second-order valence-corrected chi connectivity index (χ2v) is 3.52. The van der Waals surface area contributed by atoms with Gasteiger partial charge < -0.3 is 10.7 Å². The molecule has 0 aromatic carbocycles. The zero-order valence-electron chi connectivity index (χ0n) is 9.49. The summed E-state index contributed by atoms with van der Waals surface area (Å²) in [5, 5.41) is 17.6. The molecule has 0 aliphatic carbocycles. The fourth-order valence-electron chi connectivity index (χ4n) is 1.39. The topological polar surface area (TPSA) is 124 Å². The summed E-state index contributed by atoms with van der Waals surface area (Å²) in [5.74, 6) is 5.72. The van der Waals surface area contributed by atoms with Crippen LogP contribution < -0.4 is 16.6 Å². The van der Waals surface area contributed by atoms with Crippen LogP contribution in [0.3, 0.4) is 0 Å². The van der Waals surface area contributed by atoms with Crippen molar-refractivity contribution in [1.82, 2.24) is 14.8 Å². The predicted molar refractivity (Wildman–Crippen MR) is 65.2 cm³/mol. The zero-order valence-corrected chi connectivity index (χ0v) is 9.49. The number of nitrogens with one attached hydrogen (secondary N) is 2. The van der Waals surface area contributed by atoms with Gasteiger partial charge in [-0.3, -0.25) is 14.8 Å². The van der Waals surface area contributed by atoms with Crippen LogP contribution in [0.4, 0.5) is 23.0 Å². The van der Waals surface area contributed by atoms with Crippen molar-refractivity contribution in [2.24, 2.45) is 12.9 Å². The van der Waals surface area contributed by atoms with Crippen LogP contribution in [0.15, 0.2) is 24.5 Å². The quantitative estimate of drug-likeness (QED) is 0.415. The number of nitrogen functional groups attached to an aromatic ring is 1. The molecule has 2 aromatic rings. The Kier molecular flexibility index (Phi) is 3.06. The van der Waals surface area contributed by atoms with E-state index in [9.17, 15) is 10.1 Å². The van der Waals surface area contributed by atoms with Crippen molar-refractivity contribution >= 4 is 23.0 Å². The van der Waals surface area contributed by atoms with Gasteiger partial charge in [0, 0.05) is 13.2 Å². The standard InChI is InChI=1S/C9H11N7O2/c1-15-5-6(4-11-15)12-8-2-7(16(17)18)3-9(13-8)14-10/h2-5H,10H2,1H3,(H2,12,13,14). The van der Waals surface area contributed by atoms with E-state index < -0.39 is 4.92 Å². The second-order valence-electron chi connectivity index (χ2n) is 3.52. The molecule has 4 N–H and O–H groups in total. The molecular weight excluding hydrogens is 238 g/mol. The summed E-state index contributed by atoms with van der Waals surface area (Å²) < 4.78 is 1.60. The van der Waals surface area contributed by atoms with E-state index >= 15 is 0 Å². The molecule has 0 fully saturated rings. The maximum Gasteiger partial charge on any atom is 0.276 e. The Bertz CT molecular complexity index is 580. The number of pyridine rings is 1. The van der Waals surface area contributed by atoms with Gasteiger partial charge in [0.25, 0.3) is 5.69 Å². The Hall–Kier alpha value is -2.68. The molecule has 2 heterocycles. The Morgan fingerprint density at radius 1 is 1.44 bits per heavy atom. The average molecular weight is 249 g/mol. The van der Waals surface area contributed by atoms with Gasteiger partial charge >= 0.3 is 0 Å². The molecule has 18 heavy (non-hydrogen) atoms. The molecule has 0 aliphatic heterocycles.